The normalized spacial score (nSPS) is 14.0. The van der Waals surface area contributed by atoms with Crippen molar-refractivity contribution in [2.75, 3.05) is 19.8 Å². The molecular formula is C15H19ClN2O4. The van der Waals surface area contributed by atoms with Gasteiger partial charge in [0.1, 0.15) is 0 Å². The Bertz CT molecular complexity index is 577. The lowest BCUT2D eigenvalue weighted by molar-refractivity contribution is 0.0526. The molecule has 0 radical (unpaired) electrons. The average molecular weight is 327 g/mol. The predicted molar refractivity (Wildman–Crippen MR) is 81.0 cm³/mol. The number of fused-ring (bicyclic) bond motifs is 1. The van der Waals surface area contributed by atoms with Crippen LogP contribution in [0.5, 0.6) is 0 Å². The first-order valence-electron chi connectivity index (χ1n) is 7.33. The number of nitrogens with zero attached hydrogens (tertiary/aromatic N) is 2. The fourth-order valence-electron chi connectivity index (χ4n) is 2.37. The fraction of sp³-hybridized carbons (Fsp3) is 0.533. The fourth-order valence-corrected chi connectivity index (χ4v) is 2.67. The van der Waals surface area contributed by atoms with Gasteiger partial charge in [-0.05, 0) is 26.7 Å². The molecule has 1 aliphatic rings. The number of halogens is 1. The average Bonchev–Trinajstić information content (AvgIpc) is 2.71. The smallest absolute Gasteiger partial charge is 0.410 e. The quantitative estimate of drug-likeness (QED) is 0.799. The number of aromatic nitrogens is 1. The van der Waals surface area contributed by atoms with Crippen LogP contribution in [0.1, 0.15) is 41.9 Å². The van der Waals surface area contributed by atoms with Crippen molar-refractivity contribution in [1.82, 2.24) is 9.88 Å². The number of carbonyl (C=O) groups is 2. The van der Waals surface area contributed by atoms with Gasteiger partial charge < -0.3 is 14.4 Å². The van der Waals surface area contributed by atoms with Gasteiger partial charge in [-0.2, -0.15) is 0 Å². The molecule has 0 unspecified atom stereocenters. The second-order valence-corrected chi connectivity index (χ2v) is 5.23. The highest BCUT2D eigenvalue weighted by Crippen LogP contribution is 2.28. The molecule has 0 aliphatic carbocycles. The Labute approximate surface area is 134 Å². The van der Waals surface area contributed by atoms with Crippen LogP contribution in [0.2, 0.25) is 5.02 Å². The first kappa shape index (κ1) is 16.5. The molecule has 7 heteroatoms. The minimum absolute atomic E-state index is 0.230. The zero-order chi connectivity index (χ0) is 16.1. The summed E-state index contributed by atoms with van der Waals surface area (Å²) in [7, 11) is 0. The van der Waals surface area contributed by atoms with Gasteiger partial charge in [-0.25, -0.2) is 9.59 Å². The Morgan fingerprint density at radius 3 is 2.73 bits per heavy atom. The van der Waals surface area contributed by atoms with Crippen molar-refractivity contribution in [2.24, 2.45) is 0 Å². The van der Waals surface area contributed by atoms with Crippen LogP contribution in [-0.4, -0.2) is 41.7 Å². The van der Waals surface area contributed by atoms with Crippen molar-refractivity contribution < 1.29 is 19.1 Å². The number of ether oxygens (including phenoxy) is 2. The summed E-state index contributed by atoms with van der Waals surface area (Å²) in [5.41, 5.74) is 1.73. The number of pyridine rings is 1. The molecule has 0 N–H and O–H groups in total. The standard InChI is InChI=1S/C15H19ClN2O4/c1-3-21-14(19)10-8-17-12-6-5-7-18(15(20)22-4-2)9-11(12)13(10)16/h8H,3-7,9H2,1-2H3. The van der Waals surface area contributed by atoms with Gasteiger partial charge in [-0.1, -0.05) is 11.6 Å². The summed E-state index contributed by atoms with van der Waals surface area (Å²) in [6.07, 6.45) is 2.54. The van der Waals surface area contributed by atoms with E-state index in [9.17, 15) is 9.59 Å². The van der Waals surface area contributed by atoms with Crippen molar-refractivity contribution in [1.29, 1.82) is 0 Å². The maximum atomic E-state index is 11.9. The second kappa shape index (κ2) is 7.45. The molecule has 0 spiro atoms. The molecule has 120 valence electrons. The molecule has 1 amide bonds. The third-order valence-electron chi connectivity index (χ3n) is 3.41. The van der Waals surface area contributed by atoms with Crippen molar-refractivity contribution in [3.8, 4) is 0 Å². The summed E-state index contributed by atoms with van der Waals surface area (Å²) in [6.45, 7) is 4.92. The topological polar surface area (TPSA) is 68.7 Å². The van der Waals surface area contributed by atoms with Gasteiger partial charge in [0.15, 0.2) is 0 Å². The molecule has 1 aliphatic heterocycles. The molecule has 22 heavy (non-hydrogen) atoms. The van der Waals surface area contributed by atoms with Crippen LogP contribution < -0.4 is 0 Å². The van der Waals surface area contributed by atoms with Crippen molar-refractivity contribution >= 4 is 23.7 Å². The molecule has 2 rings (SSSR count). The lowest BCUT2D eigenvalue weighted by Crippen LogP contribution is -2.31. The summed E-state index contributed by atoms with van der Waals surface area (Å²) in [6, 6.07) is 0. The van der Waals surface area contributed by atoms with Gasteiger partial charge in [-0.3, -0.25) is 4.98 Å². The van der Waals surface area contributed by atoms with E-state index in [1.807, 2.05) is 0 Å². The number of hydrogen-bond acceptors (Lipinski definition) is 5. The summed E-state index contributed by atoms with van der Waals surface area (Å²) in [5, 5.41) is 0.305. The van der Waals surface area contributed by atoms with Crippen LogP contribution in [0.3, 0.4) is 0 Å². The summed E-state index contributed by atoms with van der Waals surface area (Å²) >= 11 is 6.36. The Hall–Kier alpha value is -1.82. The van der Waals surface area contributed by atoms with E-state index in [0.717, 1.165) is 12.1 Å². The van der Waals surface area contributed by atoms with Crippen LogP contribution in [0.15, 0.2) is 6.20 Å². The van der Waals surface area contributed by atoms with Crippen molar-refractivity contribution in [3.05, 3.63) is 28.0 Å². The number of rotatable bonds is 3. The molecule has 1 aromatic rings. The predicted octanol–water partition coefficient (Wildman–Crippen LogP) is 2.82. The molecule has 2 heterocycles. The Morgan fingerprint density at radius 1 is 1.32 bits per heavy atom. The van der Waals surface area contributed by atoms with Crippen LogP contribution in [0.25, 0.3) is 0 Å². The van der Waals surface area contributed by atoms with Crippen LogP contribution in [0.4, 0.5) is 4.79 Å². The Kier molecular flexibility index (Phi) is 5.60. The SMILES string of the molecule is CCOC(=O)c1cnc2c(c1Cl)CN(C(=O)OCC)CCC2. The minimum Gasteiger partial charge on any atom is -0.462 e. The van der Waals surface area contributed by atoms with Gasteiger partial charge >= 0.3 is 12.1 Å². The third-order valence-corrected chi connectivity index (χ3v) is 3.84. The van der Waals surface area contributed by atoms with E-state index in [1.54, 1.807) is 18.7 Å². The van der Waals surface area contributed by atoms with Crippen molar-refractivity contribution in [3.63, 3.8) is 0 Å². The van der Waals surface area contributed by atoms with E-state index in [0.29, 0.717) is 30.2 Å². The van der Waals surface area contributed by atoms with E-state index in [-0.39, 0.29) is 24.8 Å². The highest BCUT2D eigenvalue weighted by molar-refractivity contribution is 6.34. The molecule has 0 saturated carbocycles. The maximum Gasteiger partial charge on any atom is 0.410 e. The molecule has 0 aromatic carbocycles. The van der Waals surface area contributed by atoms with Gasteiger partial charge in [0, 0.05) is 24.0 Å². The van der Waals surface area contributed by atoms with Crippen LogP contribution in [-0.2, 0) is 22.4 Å². The highest BCUT2D eigenvalue weighted by atomic mass is 35.5. The third kappa shape index (κ3) is 3.50. The van der Waals surface area contributed by atoms with Crippen LogP contribution >= 0.6 is 11.6 Å². The summed E-state index contributed by atoms with van der Waals surface area (Å²) in [5.74, 6) is -0.505. The molecule has 0 bridgehead atoms. The lowest BCUT2D eigenvalue weighted by atomic mass is 10.1. The van der Waals surface area contributed by atoms with E-state index in [4.69, 9.17) is 21.1 Å². The van der Waals surface area contributed by atoms with Gasteiger partial charge in [-0.15, -0.1) is 0 Å². The van der Waals surface area contributed by atoms with E-state index in [1.165, 1.54) is 6.20 Å². The lowest BCUT2D eigenvalue weighted by Gasteiger charge is -2.20. The minimum atomic E-state index is -0.505. The molecule has 1 aromatic heterocycles. The highest BCUT2D eigenvalue weighted by Gasteiger charge is 2.25. The molecule has 0 atom stereocenters. The zero-order valence-electron chi connectivity index (χ0n) is 12.7. The molecule has 6 nitrogen and oxygen atoms in total. The van der Waals surface area contributed by atoms with E-state index < -0.39 is 5.97 Å². The van der Waals surface area contributed by atoms with Gasteiger partial charge in [0.2, 0.25) is 0 Å². The number of aryl methyl sites for hydroxylation is 1. The Balaban J connectivity index is 2.32. The number of esters is 1. The summed E-state index contributed by atoms with van der Waals surface area (Å²) in [4.78, 5) is 29.7. The first-order valence-corrected chi connectivity index (χ1v) is 7.71. The van der Waals surface area contributed by atoms with E-state index >= 15 is 0 Å². The Morgan fingerprint density at radius 2 is 2.05 bits per heavy atom. The number of carbonyl (C=O) groups excluding carboxylic acids is 2. The molecule has 0 fully saturated rings. The summed E-state index contributed by atoms with van der Waals surface area (Å²) < 4.78 is 10.0. The van der Waals surface area contributed by atoms with Gasteiger partial charge in [0.25, 0.3) is 0 Å². The van der Waals surface area contributed by atoms with Crippen molar-refractivity contribution in [2.45, 2.75) is 33.2 Å². The van der Waals surface area contributed by atoms with Gasteiger partial charge in [0.05, 0.1) is 30.3 Å². The molecular weight excluding hydrogens is 308 g/mol. The number of amides is 1. The zero-order valence-corrected chi connectivity index (χ0v) is 13.5. The van der Waals surface area contributed by atoms with Crippen LogP contribution in [0, 0.1) is 0 Å². The number of hydrogen-bond donors (Lipinski definition) is 0. The second-order valence-electron chi connectivity index (χ2n) is 4.86. The largest absolute Gasteiger partial charge is 0.462 e. The monoisotopic (exact) mass is 326 g/mol. The van der Waals surface area contributed by atoms with E-state index in [2.05, 4.69) is 4.98 Å². The first-order chi connectivity index (χ1) is 10.6. The maximum absolute atomic E-state index is 11.9. The molecule has 0 saturated heterocycles.